The van der Waals surface area contributed by atoms with Crippen molar-refractivity contribution in [3.05, 3.63) is 39.4 Å². The Kier molecular flexibility index (Phi) is 4.54. The minimum absolute atomic E-state index is 0.190. The number of rotatable bonds is 5. The number of hydrogen-bond acceptors (Lipinski definition) is 4. The normalized spacial score (nSPS) is 11.5. The molecule has 0 atom stereocenters. The molecule has 1 aromatic rings. The van der Waals surface area contributed by atoms with Crippen LogP contribution in [-0.2, 0) is 5.75 Å². The third-order valence-electron chi connectivity index (χ3n) is 2.35. The molecule has 0 aliphatic heterocycles. The maximum atomic E-state index is 10.8. The second kappa shape index (κ2) is 5.51. The van der Waals surface area contributed by atoms with Crippen molar-refractivity contribution in [3.8, 4) is 0 Å². The summed E-state index contributed by atoms with van der Waals surface area (Å²) in [6.07, 6.45) is 0. The van der Waals surface area contributed by atoms with Crippen molar-refractivity contribution in [1.82, 2.24) is 0 Å². The number of nitro benzene ring substituents is 1. The maximum absolute atomic E-state index is 10.8. The Labute approximate surface area is 106 Å². The van der Waals surface area contributed by atoms with Crippen LogP contribution >= 0.6 is 11.8 Å². The lowest BCUT2D eigenvalue weighted by Gasteiger charge is -2.17. The van der Waals surface area contributed by atoms with Gasteiger partial charge in [0.15, 0.2) is 0 Å². The van der Waals surface area contributed by atoms with Gasteiger partial charge in [0.2, 0.25) is 0 Å². The highest BCUT2D eigenvalue weighted by molar-refractivity contribution is 7.98. The molecule has 0 aliphatic carbocycles. The van der Waals surface area contributed by atoms with E-state index in [0.29, 0.717) is 0 Å². The highest BCUT2D eigenvalue weighted by atomic mass is 32.2. The van der Waals surface area contributed by atoms with Gasteiger partial charge < -0.3 is 5.73 Å². The zero-order chi connectivity index (χ0) is 13.1. The maximum Gasteiger partial charge on any atom is 0.272 e. The van der Waals surface area contributed by atoms with E-state index in [0.717, 1.165) is 22.6 Å². The predicted octanol–water partition coefficient (Wildman–Crippen LogP) is 2.87. The van der Waals surface area contributed by atoms with Crippen LogP contribution in [0, 0.1) is 17.0 Å². The molecule has 0 spiro atoms. The molecule has 0 fully saturated rings. The van der Waals surface area contributed by atoms with Crippen LogP contribution in [0.25, 0.3) is 0 Å². The van der Waals surface area contributed by atoms with E-state index in [4.69, 9.17) is 5.73 Å². The van der Waals surface area contributed by atoms with Crippen molar-refractivity contribution in [3.63, 3.8) is 0 Å². The molecule has 0 amide bonds. The quantitative estimate of drug-likeness (QED) is 0.648. The Morgan fingerprint density at radius 1 is 1.47 bits per heavy atom. The van der Waals surface area contributed by atoms with Crippen molar-refractivity contribution in [2.45, 2.75) is 32.1 Å². The van der Waals surface area contributed by atoms with E-state index in [2.05, 4.69) is 0 Å². The molecule has 0 saturated heterocycles. The summed E-state index contributed by atoms with van der Waals surface area (Å²) in [6, 6.07) is 5.20. The first kappa shape index (κ1) is 14.0. The molecule has 0 radical (unpaired) electrons. The molecule has 17 heavy (non-hydrogen) atoms. The largest absolute Gasteiger partial charge is 0.325 e. The fourth-order valence-corrected chi connectivity index (χ4v) is 2.61. The monoisotopic (exact) mass is 254 g/mol. The third kappa shape index (κ3) is 4.36. The number of nitro groups is 1. The fraction of sp³-hybridized carbons (Fsp3) is 0.500. The van der Waals surface area contributed by atoms with Crippen LogP contribution in [0.2, 0.25) is 0 Å². The first-order valence-corrected chi connectivity index (χ1v) is 6.56. The van der Waals surface area contributed by atoms with Crippen LogP contribution in [0.4, 0.5) is 5.69 Å². The van der Waals surface area contributed by atoms with Gasteiger partial charge in [0.25, 0.3) is 5.69 Å². The number of thioether (sulfide) groups is 1. The molecule has 5 heteroatoms. The van der Waals surface area contributed by atoms with Crippen molar-refractivity contribution in [1.29, 1.82) is 0 Å². The van der Waals surface area contributed by atoms with Crippen LogP contribution in [-0.4, -0.2) is 16.2 Å². The molecule has 1 aromatic carbocycles. The van der Waals surface area contributed by atoms with Gasteiger partial charge in [-0.3, -0.25) is 10.1 Å². The first-order chi connectivity index (χ1) is 7.81. The molecular formula is C12H18N2O2S. The lowest BCUT2D eigenvalue weighted by molar-refractivity contribution is -0.385. The predicted molar refractivity (Wildman–Crippen MR) is 72.3 cm³/mol. The first-order valence-electron chi connectivity index (χ1n) is 5.41. The van der Waals surface area contributed by atoms with Gasteiger partial charge in [-0.15, -0.1) is 0 Å². The molecule has 0 aliphatic rings. The molecule has 4 nitrogen and oxygen atoms in total. The molecule has 0 unspecified atom stereocenters. The van der Waals surface area contributed by atoms with Crippen molar-refractivity contribution < 1.29 is 4.92 Å². The number of nitrogens with zero attached hydrogens (tertiary/aromatic N) is 1. The molecule has 2 N–H and O–H groups in total. The summed E-state index contributed by atoms with van der Waals surface area (Å²) in [5, 5.41) is 10.8. The average Bonchev–Trinajstić information content (AvgIpc) is 2.18. The Hall–Kier alpha value is -1.07. The Morgan fingerprint density at radius 3 is 2.65 bits per heavy atom. The second-order valence-corrected chi connectivity index (χ2v) is 5.79. The van der Waals surface area contributed by atoms with Gasteiger partial charge >= 0.3 is 0 Å². The topological polar surface area (TPSA) is 69.2 Å². The van der Waals surface area contributed by atoms with Crippen molar-refractivity contribution in [2.75, 3.05) is 5.75 Å². The zero-order valence-corrected chi connectivity index (χ0v) is 11.2. The summed E-state index contributed by atoms with van der Waals surface area (Å²) in [5.41, 5.74) is 7.63. The molecule has 0 bridgehead atoms. The highest BCUT2D eigenvalue weighted by Crippen LogP contribution is 2.25. The van der Waals surface area contributed by atoms with Gasteiger partial charge in [-0.05, 0) is 26.3 Å². The van der Waals surface area contributed by atoms with Gasteiger partial charge in [0, 0.05) is 28.7 Å². The summed E-state index contributed by atoms with van der Waals surface area (Å²) in [7, 11) is 0. The van der Waals surface area contributed by atoms with E-state index in [1.54, 1.807) is 24.8 Å². The average molecular weight is 254 g/mol. The number of nitrogens with two attached hydrogens (primary N) is 1. The van der Waals surface area contributed by atoms with Crippen LogP contribution in [0.3, 0.4) is 0 Å². The van der Waals surface area contributed by atoms with E-state index in [9.17, 15) is 10.1 Å². The Bertz CT molecular complexity index is 413. The van der Waals surface area contributed by atoms with Gasteiger partial charge in [-0.1, -0.05) is 12.1 Å². The molecule has 0 heterocycles. The third-order valence-corrected chi connectivity index (χ3v) is 3.81. The molecule has 0 saturated carbocycles. The number of benzene rings is 1. The van der Waals surface area contributed by atoms with E-state index in [1.807, 2.05) is 19.9 Å². The minimum atomic E-state index is -0.337. The van der Waals surface area contributed by atoms with Gasteiger partial charge in [0.1, 0.15) is 0 Å². The summed E-state index contributed by atoms with van der Waals surface area (Å²) >= 11 is 1.70. The Balaban J connectivity index is 2.72. The minimum Gasteiger partial charge on any atom is -0.325 e. The van der Waals surface area contributed by atoms with E-state index in [1.165, 1.54) is 6.07 Å². The summed E-state index contributed by atoms with van der Waals surface area (Å²) in [4.78, 5) is 10.4. The summed E-state index contributed by atoms with van der Waals surface area (Å²) < 4.78 is 0. The fourth-order valence-electron chi connectivity index (χ4n) is 1.45. The standard InChI is InChI=1S/C12H18N2O2S/c1-9-10(7-17-8-12(2,3)13)5-4-6-11(9)14(15)16/h4-6H,7-8,13H2,1-3H3. The van der Waals surface area contributed by atoms with Gasteiger partial charge in [-0.25, -0.2) is 0 Å². The highest BCUT2D eigenvalue weighted by Gasteiger charge is 2.14. The molecule has 0 aromatic heterocycles. The van der Waals surface area contributed by atoms with Crippen molar-refractivity contribution >= 4 is 17.4 Å². The summed E-state index contributed by atoms with van der Waals surface area (Å²) in [5.74, 6) is 1.59. The van der Waals surface area contributed by atoms with Gasteiger partial charge in [0.05, 0.1) is 4.92 Å². The van der Waals surface area contributed by atoms with E-state index >= 15 is 0 Å². The Morgan fingerprint density at radius 2 is 2.12 bits per heavy atom. The van der Waals surface area contributed by atoms with E-state index in [-0.39, 0.29) is 16.1 Å². The number of hydrogen-bond donors (Lipinski definition) is 1. The van der Waals surface area contributed by atoms with Crippen molar-refractivity contribution in [2.24, 2.45) is 5.73 Å². The lowest BCUT2D eigenvalue weighted by atomic mass is 10.1. The van der Waals surface area contributed by atoms with Gasteiger partial charge in [-0.2, -0.15) is 11.8 Å². The zero-order valence-electron chi connectivity index (χ0n) is 10.4. The SMILES string of the molecule is Cc1c(CSCC(C)(C)N)cccc1[N+](=O)[O-]. The van der Waals surface area contributed by atoms with Crippen LogP contribution in [0.1, 0.15) is 25.0 Å². The van der Waals surface area contributed by atoms with Crippen LogP contribution in [0.5, 0.6) is 0 Å². The molecule has 1 rings (SSSR count). The second-order valence-electron chi connectivity index (χ2n) is 4.80. The molecular weight excluding hydrogens is 236 g/mol. The van der Waals surface area contributed by atoms with Crippen LogP contribution < -0.4 is 5.73 Å². The smallest absolute Gasteiger partial charge is 0.272 e. The van der Waals surface area contributed by atoms with Crippen LogP contribution in [0.15, 0.2) is 18.2 Å². The molecule has 94 valence electrons. The lowest BCUT2D eigenvalue weighted by Crippen LogP contribution is -2.34. The summed E-state index contributed by atoms with van der Waals surface area (Å²) in [6.45, 7) is 5.74. The van der Waals surface area contributed by atoms with E-state index < -0.39 is 0 Å².